The van der Waals surface area contributed by atoms with E-state index in [0.29, 0.717) is 22.9 Å². The second-order valence-electron chi connectivity index (χ2n) is 3.54. The van der Waals surface area contributed by atoms with E-state index in [1.807, 2.05) is 0 Å². The highest BCUT2D eigenvalue weighted by molar-refractivity contribution is 7.90. The summed E-state index contributed by atoms with van der Waals surface area (Å²) in [5, 5.41) is 0. The molecule has 0 aliphatic carbocycles. The second-order valence-corrected chi connectivity index (χ2v) is 5.22. The molecule has 1 N–H and O–H groups in total. The average Bonchev–Trinajstić information content (AvgIpc) is 2.18. The zero-order chi connectivity index (χ0) is 12.6. The molecule has 0 aromatic heterocycles. The van der Waals surface area contributed by atoms with Crippen molar-refractivity contribution in [2.75, 3.05) is 17.4 Å². The SMILES string of the molecule is O=S1(=O)NCCCN1c1c(F)cc(F)cc1F. The van der Waals surface area contributed by atoms with Gasteiger partial charge in [0.05, 0.1) is 0 Å². The third-order valence-electron chi connectivity index (χ3n) is 2.34. The van der Waals surface area contributed by atoms with E-state index in [4.69, 9.17) is 0 Å². The maximum atomic E-state index is 13.4. The van der Waals surface area contributed by atoms with Crippen molar-refractivity contribution in [2.45, 2.75) is 6.42 Å². The summed E-state index contributed by atoms with van der Waals surface area (Å²) in [6.07, 6.45) is 0.412. The topological polar surface area (TPSA) is 49.4 Å². The van der Waals surface area contributed by atoms with Crippen LogP contribution in [0.5, 0.6) is 0 Å². The zero-order valence-corrected chi connectivity index (χ0v) is 9.40. The van der Waals surface area contributed by atoms with Crippen LogP contribution in [0.4, 0.5) is 18.9 Å². The zero-order valence-electron chi connectivity index (χ0n) is 8.58. The van der Waals surface area contributed by atoms with Crippen LogP contribution >= 0.6 is 0 Å². The van der Waals surface area contributed by atoms with Gasteiger partial charge in [-0.15, -0.1) is 0 Å². The molecule has 0 unspecified atom stereocenters. The van der Waals surface area contributed by atoms with Crippen molar-refractivity contribution in [2.24, 2.45) is 0 Å². The van der Waals surface area contributed by atoms with Gasteiger partial charge in [0.25, 0.3) is 0 Å². The van der Waals surface area contributed by atoms with Crippen LogP contribution in [-0.4, -0.2) is 21.5 Å². The first kappa shape index (κ1) is 12.2. The predicted octanol–water partition coefficient (Wildman–Crippen LogP) is 1.15. The number of nitrogens with zero attached hydrogens (tertiary/aromatic N) is 1. The molecular weight excluding hydrogens is 257 g/mol. The fourth-order valence-corrected chi connectivity index (χ4v) is 2.97. The molecule has 0 amide bonds. The van der Waals surface area contributed by atoms with E-state index in [2.05, 4.69) is 4.72 Å². The summed E-state index contributed by atoms with van der Waals surface area (Å²) in [5.74, 6) is -3.57. The molecule has 0 bridgehead atoms. The molecule has 4 nitrogen and oxygen atoms in total. The molecule has 1 fully saturated rings. The number of halogens is 3. The van der Waals surface area contributed by atoms with E-state index in [9.17, 15) is 21.6 Å². The molecule has 1 aliphatic heterocycles. The smallest absolute Gasteiger partial charge is 0.252 e. The van der Waals surface area contributed by atoms with Gasteiger partial charge in [-0.3, -0.25) is 4.31 Å². The third-order valence-corrected chi connectivity index (χ3v) is 3.86. The Balaban J connectivity index is 2.53. The molecule has 0 atom stereocenters. The Hall–Kier alpha value is -1.28. The van der Waals surface area contributed by atoms with Gasteiger partial charge in [0.15, 0.2) is 11.6 Å². The lowest BCUT2D eigenvalue weighted by molar-refractivity contribution is 0.528. The first-order valence-electron chi connectivity index (χ1n) is 4.84. The molecule has 1 aliphatic rings. The minimum absolute atomic E-state index is 0.0468. The molecular formula is C9H9F3N2O2S. The summed E-state index contributed by atoms with van der Waals surface area (Å²) < 4.78 is 65.4. The average molecular weight is 266 g/mol. The third kappa shape index (κ3) is 2.22. The summed E-state index contributed by atoms with van der Waals surface area (Å²) in [6, 6.07) is 0.894. The molecule has 8 heteroatoms. The van der Waals surface area contributed by atoms with E-state index in [1.165, 1.54) is 0 Å². The van der Waals surface area contributed by atoms with Crippen LogP contribution in [0.25, 0.3) is 0 Å². The van der Waals surface area contributed by atoms with Gasteiger partial charge in [0, 0.05) is 25.2 Å². The molecule has 2 rings (SSSR count). The van der Waals surface area contributed by atoms with Crippen LogP contribution in [0, 0.1) is 17.5 Å². The van der Waals surface area contributed by atoms with Gasteiger partial charge in [-0.05, 0) is 6.42 Å². The Morgan fingerprint density at radius 1 is 1.18 bits per heavy atom. The predicted molar refractivity (Wildman–Crippen MR) is 55.2 cm³/mol. The molecule has 0 saturated carbocycles. The van der Waals surface area contributed by atoms with Crippen molar-refractivity contribution in [1.82, 2.24) is 4.72 Å². The summed E-state index contributed by atoms with van der Waals surface area (Å²) in [5.41, 5.74) is -0.751. The summed E-state index contributed by atoms with van der Waals surface area (Å²) in [7, 11) is -3.95. The molecule has 94 valence electrons. The second kappa shape index (κ2) is 4.19. The van der Waals surface area contributed by atoms with E-state index < -0.39 is 33.3 Å². The number of nitrogens with one attached hydrogen (secondary N) is 1. The lowest BCUT2D eigenvalue weighted by Gasteiger charge is -2.29. The summed E-state index contributed by atoms with van der Waals surface area (Å²) in [6.45, 7) is 0.165. The maximum Gasteiger partial charge on any atom is 0.301 e. The lowest BCUT2D eigenvalue weighted by atomic mass is 10.2. The van der Waals surface area contributed by atoms with Crippen molar-refractivity contribution in [1.29, 1.82) is 0 Å². The fraction of sp³-hybridized carbons (Fsp3) is 0.333. The van der Waals surface area contributed by atoms with Crippen molar-refractivity contribution < 1.29 is 21.6 Å². The van der Waals surface area contributed by atoms with Crippen molar-refractivity contribution in [3.63, 3.8) is 0 Å². The van der Waals surface area contributed by atoms with Gasteiger partial charge in [0.1, 0.15) is 11.5 Å². The number of benzene rings is 1. The minimum atomic E-state index is -3.95. The van der Waals surface area contributed by atoms with Gasteiger partial charge in [-0.25, -0.2) is 13.2 Å². The number of hydrogen-bond donors (Lipinski definition) is 1. The first-order chi connectivity index (χ1) is 7.92. The normalized spacial score (nSPS) is 19.4. The number of hydrogen-bond acceptors (Lipinski definition) is 2. The molecule has 17 heavy (non-hydrogen) atoms. The van der Waals surface area contributed by atoms with Crippen LogP contribution in [-0.2, 0) is 10.2 Å². The minimum Gasteiger partial charge on any atom is -0.252 e. The number of rotatable bonds is 1. The van der Waals surface area contributed by atoms with E-state index in [0.717, 1.165) is 0 Å². The largest absolute Gasteiger partial charge is 0.301 e. The van der Waals surface area contributed by atoms with Gasteiger partial charge in [0.2, 0.25) is 0 Å². The Kier molecular flexibility index (Phi) is 3.00. The van der Waals surface area contributed by atoms with Crippen molar-refractivity contribution in [3.8, 4) is 0 Å². The molecule has 1 aromatic carbocycles. The first-order valence-corrected chi connectivity index (χ1v) is 6.28. The molecule has 0 spiro atoms. The van der Waals surface area contributed by atoms with Crippen LogP contribution in [0.3, 0.4) is 0 Å². The molecule has 1 saturated heterocycles. The van der Waals surface area contributed by atoms with Crippen LogP contribution in [0.1, 0.15) is 6.42 Å². The van der Waals surface area contributed by atoms with E-state index in [1.54, 1.807) is 0 Å². The van der Waals surface area contributed by atoms with Crippen LogP contribution in [0.15, 0.2) is 12.1 Å². The number of anilines is 1. The highest BCUT2D eigenvalue weighted by atomic mass is 32.2. The molecule has 1 aromatic rings. The van der Waals surface area contributed by atoms with E-state index in [-0.39, 0.29) is 13.1 Å². The standard InChI is InChI=1S/C9H9F3N2O2S/c10-6-4-7(11)9(8(12)5-6)14-3-1-2-13-17(14,15)16/h4-5,13H,1-3H2. The monoisotopic (exact) mass is 266 g/mol. The van der Waals surface area contributed by atoms with Crippen LogP contribution < -0.4 is 9.03 Å². The Labute approximate surface area is 96.2 Å². The quantitative estimate of drug-likeness (QED) is 0.829. The fourth-order valence-electron chi connectivity index (χ4n) is 1.63. The Morgan fingerprint density at radius 2 is 1.76 bits per heavy atom. The van der Waals surface area contributed by atoms with Crippen LogP contribution in [0.2, 0.25) is 0 Å². The maximum absolute atomic E-state index is 13.4. The van der Waals surface area contributed by atoms with Gasteiger partial charge < -0.3 is 0 Å². The highest BCUT2D eigenvalue weighted by Gasteiger charge is 2.30. The Morgan fingerprint density at radius 3 is 2.29 bits per heavy atom. The highest BCUT2D eigenvalue weighted by Crippen LogP contribution is 2.27. The summed E-state index contributed by atoms with van der Waals surface area (Å²) in [4.78, 5) is 0. The van der Waals surface area contributed by atoms with Crippen molar-refractivity contribution in [3.05, 3.63) is 29.6 Å². The van der Waals surface area contributed by atoms with Gasteiger partial charge in [-0.2, -0.15) is 13.1 Å². The lowest BCUT2D eigenvalue weighted by Crippen LogP contribution is -2.47. The molecule has 0 radical (unpaired) electrons. The Bertz CT molecular complexity index is 524. The van der Waals surface area contributed by atoms with Crippen molar-refractivity contribution >= 4 is 15.9 Å². The van der Waals surface area contributed by atoms with Gasteiger partial charge >= 0.3 is 10.2 Å². The summed E-state index contributed by atoms with van der Waals surface area (Å²) >= 11 is 0. The van der Waals surface area contributed by atoms with Gasteiger partial charge in [-0.1, -0.05) is 0 Å². The van der Waals surface area contributed by atoms with E-state index >= 15 is 0 Å². The molecule has 1 heterocycles.